The zero-order valence-corrected chi connectivity index (χ0v) is 17.8. The Bertz CT molecular complexity index is 915. The molecule has 2 bridgehead atoms. The molecule has 6 atom stereocenters. The molecule has 3 fully saturated rings. The molecule has 2 amide bonds. The largest absolute Gasteiger partial charge is 0.491 e. The summed E-state index contributed by atoms with van der Waals surface area (Å²) in [7, 11) is 0. The second kappa shape index (κ2) is 6.96. The Morgan fingerprint density at radius 1 is 0.967 bits per heavy atom. The summed E-state index contributed by atoms with van der Waals surface area (Å²) in [5.74, 6) is 2.12. The van der Waals surface area contributed by atoms with Crippen LogP contribution in [0.2, 0.25) is 0 Å². The lowest BCUT2D eigenvalue weighted by atomic mass is 9.63. The van der Waals surface area contributed by atoms with Crippen molar-refractivity contribution >= 4 is 18.0 Å². The number of allylic oxidation sites excluding steroid dienone is 2. The Hall–Kier alpha value is -2.63. The molecule has 30 heavy (non-hydrogen) atoms. The molecule has 6 heteroatoms. The smallest absolute Gasteiger partial charge is 0.254 e. The van der Waals surface area contributed by atoms with Gasteiger partial charge in [0.25, 0.3) is 11.8 Å². The first-order chi connectivity index (χ1) is 14.3. The first kappa shape index (κ1) is 19.3. The Kier molecular flexibility index (Phi) is 4.49. The number of nitrogens with zero attached hydrogens (tertiary/aromatic N) is 2. The van der Waals surface area contributed by atoms with Gasteiger partial charge in [-0.25, -0.2) is 0 Å². The third kappa shape index (κ3) is 3.04. The molecule has 4 aliphatic carbocycles. The van der Waals surface area contributed by atoms with Gasteiger partial charge >= 0.3 is 0 Å². The van der Waals surface area contributed by atoms with Gasteiger partial charge in [0.15, 0.2) is 0 Å². The summed E-state index contributed by atoms with van der Waals surface area (Å²) in [5.41, 5.74) is 0.708. The van der Waals surface area contributed by atoms with Crippen molar-refractivity contribution in [3.63, 3.8) is 0 Å². The van der Waals surface area contributed by atoms with E-state index in [0.717, 1.165) is 11.4 Å². The molecule has 6 rings (SSSR count). The van der Waals surface area contributed by atoms with Crippen molar-refractivity contribution < 1.29 is 19.1 Å². The Morgan fingerprint density at radius 2 is 1.57 bits per heavy atom. The fourth-order valence-electron chi connectivity index (χ4n) is 5.50. The van der Waals surface area contributed by atoms with Gasteiger partial charge in [-0.15, -0.1) is 0 Å². The summed E-state index contributed by atoms with van der Waals surface area (Å²) in [6.45, 7) is 7.83. The molecule has 1 heterocycles. The highest BCUT2D eigenvalue weighted by atomic mass is 16.5. The summed E-state index contributed by atoms with van der Waals surface area (Å²) in [6.07, 6.45) is 7.06. The second-order valence-corrected chi connectivity index (χ2v) is 9.42. The van der Waals surface area contributed by atoms with E-state index < -0.39 is 0 Å². The molecular formula is C24H28N2O4. The van der Waals surface area contributed by atoms with Gasteiger partial charge in [-0.3, -0.25) is 9.59 Å². The molecule has 0 aromatic heterocycles. The van der Waals surface area contributed by atoms with E-state index in [1.165, 1.54) is 0 Å². The minimum Gasteiger partial charge on any atom is -0.491 e. The number of rotatable bonds is 6. The van der Waals surface area contributed by atoms with E-state index in [1.807, 2.05) is 45.9 Å². The van der Waals surface area contributed by atoms with Crippen LogP contribution in [0.4, 0.5) is 0 Å². The van der Waals surface area contributed by atoms with Gasteiger partial charge in [-0.1, -0.05) is 12.2 Å². The molecule has 6 nitrogen and oxygen atoms in total. The maximum atomic E-state index is 13.1. The summed E-state index contributed by atoms with van der Waals surface area (Å²) in [6, 6.07) is 5.52. The summed E-state index contributed by atoms with van der Waals surface area (Å²) in [5, 5.41) is 5.44. The van der Waals surface area contributed by atoms with Crippen molar-refractivity contribution in [2.24, 2.45) is 40.6 Å². The van der Waals surface area contributed by atoms with Gasteiger partial charge in [0.05, 0.1) is 30.3 Å². The van der Waals surface area contributed by atoms with Crippen molar-refractivity contribution in [1.29, 1.82) is 0 Å². The van der Waals surface area contributed by atoms with E-state index in [-0.39, 0.29) is 47.7 Å². The zero-order valence-electron chi connectivity index (χ0n) is 17.8. The van der Waals surface area contributed by atoms with E-state index in [1.54, 1.807) is 6.21 Å². The summed E-state index contributed by atoms with van der Waals surface area (Å²) in [4.78, 5) is 26.1. The third-order valence-electron chi connectivity index (χ3n) is 6.67. The van der Waals surface area contributed by atoms with E-state index in [9.17, 15) is 9.59 Å². The van der Waals surface area contributed by atoms with Crippen molar-refractivity contribution in [2.45, 2.75) is 46.3 Å². The molecule has 1 aliphatic heterocycles. The van der Waals surface area contributed by atoms with Gasteiger partial charge in [-0.2, -0.15) is 10.1 Å². The van der Waals surface area contributed by atoms with Gasteiger partial charge in [0.2, 0.25) is 0 Å². The molecule has 1 aromatic carbocycles. The average Bonchev–Trinajstić information content (AvgIpc) is 3.46. The Morgan fingerprint density at radius 3 is 2.13 bits per heavy atom. The molecule has 5 aliphatic rings. The van der Waals surface area contributed by atoms with Gasteiger partial charge in [-0.05, 0) is 69.9 Å². The highest BCUT2D eigenvalue weighted by Crippen LogP contribution is 2.65. The second-order valence-electron chi connectivity index (χ2n) is 9.42. The van der Waals surface area contributed by atoms with Crippen molar-refractivity contribution in [3.8, 4) is 11.5 Å². The molecule has 1 aromatic rings. The lowest BCUT2D eigenvalue weighted by molar-refractivity contribution is -0.140. The van der Waals surface area contributed by atoms with Gasteiger partial charge in [0, 0.05) is 11.6 Å². The minimum atomic E-state index is -0.235. The highest BCUT2D eigenvalue weighted by molar-refractivity contribution is 6.06. The molecule has 0 spiro atoms. The number of hydrogen-bond acceptors (Lipinski definition) is 5. The number of imide groups is 1. The van der Waals surface area contributed by atoms with Gasteiger partial charge in [0.1, 0.15) is 11.5 Å². The number of hydrogen-bond donors (Lipinski definition) is 0. The SMILES string of the molecule is CC(C)Oc1ccc(/C=N\N2C(=O)[C@@H]3[C@H]4C=C[C@@H]([C@@H]5C[C@@H]45)[C@@H]3C2=O)c(OC(C)C)c1. The summed E-state index contributed by atoms with van der Waals surface area (Å²) < 4.78 is 11.7. The molecule has 1 saturated heterocycles. The number of hydrazone groups is 1. The number of carbonyl (C=O) groups is 2. The predicted octanol–water partition coefficient (Wildman–Crippen LogP) is 3.65. The Balaban J connectivity index is 1.40. The maximum Gasteiger partial charge on any atom is 0.254 e. The number of carbonyl (C=O) groups excluding carboxylic acids is 2. The fourth-order valence-corrected chi connectivity index (χ4v) is 5.50. The quantitative estimate of drug-likeness (QED) is 0.409. The molecule has 2 saturated carbocycles. The van der Waals surface area contributed by atoms with Crippen molar-refractivity contribution in [3.05, 3.63) is 35.9 Å². The van der Waals surface area contributed by atoms with Crippen LogP contribution in [0.15, 0.2) is 35.5 Å². The normalized spacial score (nSPS) is 33.6. The van der Waals surface area contributed by atoms with Crippen LogP contribution in [0.1, 0.15) is 39.7 Å². The van der Waals surface area contributed by atoms with Crippen LogP contribution in [-0.4, -0.2) is 35.2 Å². The van der Waals surface area contributed by atoms with Gasteiger partial charge < -0.3 is 9.47 Å². The van der Waals surface area contributed by atoms with E-state index in [0.29, 0.717) is 28.9 Å². The van der Waals surface area contributed by atoms with Crippen LogP contribution in [0.3, 0.4) is 0 Å². The van der Waals surface area contributed by atoms with E-state index >= 15 is 0 Å². The van der Waals surface area contributed by atoms with Crippen molar-refractivity contribution in [1.82, 2.24) is 5.01 Å². The van der Waals surface area contributed by atoms with Crippen LogP contribution in [0, 0.1) is 35.5 Å². The third-order valence-corrected chi connectivity index (χ3v) is 6.67. The van der Waals surface area contributed by atoms with Crippen LogP contribution < -0.4 is 9.47 Å². The lowest BCUT2D eigenvalue weighted by Crippen LogP contribution is -2.40. The van der Waals surface area contributed by atoms with Crippen LogP contribution in [0.25, 0.3) is 0 Å². The summed E-state index contributed by atoms with van der Waals surface area (Å²) >= 11 is 0. The zero-order chi connectivity index (χ0) is 21.2. The molecular weight excluding hydrogens is 380 g/mol. The number of ether oxygens (including phenoxy) is 2. The highest BCUT2D eigenvalue weighted by Gasteiger charge is 2.67. The minimum absolute atomic E-state index is 0.0298. The van der Waals surface area contributed by atoms with E-state index in [4.69, 9.17) is 9.47 Å². The molecule has 0 radical (unpaired) electrons. The lowest BCUT2D eigenvalue weighted by Gasteiger charge is -2.37. The fraction of sp³-hybridized carbons (Fsp3) is 0.542. The van der Waals surface area contributed by atoms with Crippen LogP contribution in [-0.2, 0) is 9.59 Å². The standard InChI is InChI=1S/C24H28N2O4/c1-12(2)29-15-6-5-14(20(9-15)30-13(3)4)11-25-26-23(27)21-16-7-8-17(19-10-18(16)19)22(21)24(26)28/h5-9,11-13,16-19,21-22H,10H2,1-4H3/b25-11-/t16-,17-,18-,19-,21-,22+/m0/s1. The van der Waals surface area contributed by atoms with Crippen molar-refractivity contribution in [2.75, 3.05) is 0 Å². The maximum absolute atomic E-state index is 13.1. The molecule has 158 valence electrons. The van der Waals surface area contributed by atoms with Crippen LogP contribution >= 0.6 is 0 Å². The monoisotopic (exact) mass is 408 g/mol. The topological polar surface area (TPSA) is 68.2 Å². The first-order valence-corrected chi connectivity index (χ1v) is 10.9. The molecule has 0 unspecified atom stereocenters. The predicted molar refractivity (Wildman–Crippen MR) is 112 cm³/mol. The van der Waals surface area contributed by atoms with Crippen LogP contribution in [0.5, 0.6) is 11.5 Å². The molecule has 0 N–H and O–H groups in total. The Labute approximate surface area is 176 Å². The number of benzene rings is 1. The first-order valence-electron chi connectivity index (χ1n) is 10.9. The number of amides is 2. The average molecular weight is 408 g/mol. The van der Waals surface area contributed by atoms with E-state index in [2.05, 4.69) is 17.3 Å².